The van der Waals surface area contributed by atoms with Crippen LogP contribution < -0.4 is 10.1 Å². The van der Waals surface area contributed by atoms with Gasteiger partial charge in [0, 0.05) is 12.1 Å². The molecule has 0 spiro atoms. The van der Waals surface area contributed by atoms with E-state index in [2.05, 4.69) is 35.7 Å². The van der Waals surface area contributed by atoms with Crippen LogP contribution in [-0.4, -0.2) is 48.9 Å². The molecular formula is C22H24F3N3O2. The van der Waals surface area contributed by atoms with E-state index in [-0.39, 0.29) is 23.6 Å². The van der Waals surface area contributed by atoms with Crippen molar-refractivity contribution in [3.05, 3.63) is 41.7 Å². The van der Waals surface area contributed by atoms with Crippen molar-refractivity contribution in [1.29, 1.82) is 0 Å². The first-order valence-electron chi connectivity index (χ1n) is 9.60. The number of fused-ring (bicyclic) bond motifs is 1. The van der Waals surface area contributed by atoms with Crippen LogP contribution in [0.1, 0.15) is 36.1 Å². The third-order valence-electron chi connectivity index (χ3n) is 4.82. The minimum absolute atomic E-state index is 0.00952. The van der Waals surface area contributed by atoms with Crippen LogP contribution in [0.5, 0.6) is 5.75 Å². The van der Waals surface area contributed by atoms with E-state index in [1.165, 1.54) is 18.2 Å². The van der Waals surface area contributed by atoms with Crippen molar-refractivity contribution in [2.45, 2.75) is 26.3 Å². The lowest BCUT2D eigenvalue weighted by Gasteiger charge is -2.30. The van der Waals surface area contributed by atoms with Crippen LogP contribution in [0.25, 0.3) is 11.1 Å². The molecule has 1 aromatic heterocycles. The fourth-order valence-electron chi connectivity index (χ4n) is 3.45. The summed E-state index contributed by atoms with van der Waals surface area (Å²) in [6.07, 6.45) is -4.78. The SMILES string of the molecule is CC(C)C1CNC(=O)c2cc(-c3cccc(OC(F)(F)F)c3)c(C#CCN(C)C)n21. The van der Waals surface area contributed by atoms with Crippen LogP contribution in [0, 0.1) is 17.8 Å². The second kappa shape index (κ2) is 8.44. The molecule has 0 aliphatic carbocycles. The van der Waals surface area contributed by atoms with Crippen molar-refractivity contribution < 1.29 is 22.7 Å². The van der Waals surface area contributed by atoms with Gasteiger partial charge in [0.05, 0.1) is 12.6 Å². The highest BCUT2D eigenvalue weighted by atomic mass is 19.4. The Bertz CT molecular complexity index is 997. The van der Waals surface area contributed by atoms with Crippen molar-refractivity contribution in [3.8, 4) is 28.7 Å². The molecule has 0 radical (unpaired) electrons. The number of nitrogens with zero attached hydrogens (tertiary/aromatic N) is 2. The van der Waals surface area contributed by atoms with Crippen molar-refractivity contribution in [2.75, 3.05) is 27.2 Å². The van der Waals surface area contributed by atoms with E-state index in [0.29, 0.717) is 35.6 Å². The van der Waals surface area contributed by atoms with Gasteiger partial charge in [0.15, 0.2) is 0 Å². The zero-order valence-electron chi connectivity index (χ0n) is 17.3. The molecule has 0 saturated carbocycles. The molecule has 160 valence electrons. The molecule has 1 atom stereocenters. The smallest absolute Gasteiger partial charge is 0.406 e. The van der Waals surface area contributed by atoms with Gasteiger partial charge in [-0.3, -0.25) is 9.69 Å². The second-order valence-corrected chi connectivity index (χ2v) is 7.80. The maximum Gasteiger partial charge on any atom is 0.573 e. The summed E-state index contributed by atoms with van der Waals surface area (Å²) in [7, 11) is 3.79. The number of nitrogens with one attached hydrogen (secondary N) is 1. The average Bonchev–Trinajstić information content (AvgIpc) is 3.01. The van der Waals surface area contributed by atoms with Gasteiger partial charge in [-0.25, -0.2) is 0 Å². The van der Waals surface area contributed by atoms with Crippen LogP contribution in [0.2, 0.25) is 0 Å². The lowest BCUT2D eigenvalue weighted by Crippen LogP contribution is -2.41. The van der Waals surface area contributed by atoms with E-state index in [1.54, 1.807) is 12.1 Å². The molecule has 3 rings (SSSR count). The first-order chi connectivity index (χ1) is 14.1. The normalized spacial score (nSPS) is 16.2. The Morgan fingerprint density at radius 3 is 2.67 bits per heavy atom. The molecule has 1 N–H and O–H groups in total. The molecule has 5 nitrogen and oxygen atoms in total. The fourth-order valence-corrected chi connectivity index (χ4v) is 3.45. The van der Waals surface area contributed by atoms with Crippen molar-refractivity contribution in [2.24, 2.45) is 5.92 Å². The number of carbonyl (C=O) groups excluding carboxylic acids is 1. The Kier molecular flexibility index (Phi) is 6.13. The van der Waals surface area contributed by atoms with Gasteiger partial charge in [0.1, 0.15) is 17.1 Å². The molecule has 0 bridgehead atoms. The molecule has 2 aromatic rings. The zero-order chi connectivity index (χ0) is 22.1. The molecule has 1 amide bonds. The Labute approximate surface area is 173 Å². The van der Waals surface area contributed by atoms with E-state index in [0.717, 1.165) is 0 Å². The number of halogens is 3. The van der Waals surface area contributed by atoms with Crippen LogP contribution in [0.3, 0.4) is 0 Å². The van der Waals surface area contributed by atoms with Crippen molar-refractivity contribution in [1.82, 2.24) is 14.8 Å². The molecule has 0 saturated heterocycles. The number of amides is 1. The van der Waals surface area contributed by atoms with Crippen molar-refractivity contribution >= 4 is 5.91 Å². The predicted molar refractivity (Wildman–Crippen MR) is 108 cm³/mol. The summed E-state index contributed by atoms with van der Waals surface area (Å²) in [5.74, 6) is 5.92. The number of hydrogen-bond donors (Lipinski definition) is 1. The molecule has 8 heteroatoms. The van der Waals surface area contributed by atoms with Gasteiger partial charge in [0.25, 0.3) is 5.91 Å². The summed E-state index contributed by atoms with van der Waals surface area (Å²) in [6.45, 7) is 5.09. The molecule has 1 aromatic carbocycles. The van der Waals surface area contributed by atoms with Gasteiger partial charge in [-0.05, 0) is 49.7 Å². The fraction of sp³-hybridized carbons (Fsp3) is 0.409. The Hall–Kier alpha value is -2.92. The van der Waals surface area contributed by atoms with E-state index in [1.807, 2.05) is 23.6 Å². The summed E-state index contributed by atoms with van der Waals surface area (Å²) in [5.41, 5.74) is 2.17. The van der Waals surface area contributed by atoms with Gasteiger partial charge in [0.2, 0.25) is 0 Å². The average molecular weight is 419 g/mol. The second-order valence-electron chi connectivity index (χ2n) is 7.80. The lowest BCUT2D eigenvalue weighted by atomic mass is 10.0. The summed E-state index contributed by atoms with van der Waals surface area (Å²) in [4.78, 5) is 14.4. The largest absolute Gasteiger partial charge is 0.573 e. The number of aromatic nitrogens is 1. The molecular weight excluding hydrogens is 395 g/mol. The highest BCUT2D eigenvalue weighted by molar-refractivity contribution is 5.96. The quantitative estimate of drug-likeness (QED) is 0.765. The first kappa shape index (κ1) is 21.8. The maximum atomic E-state index is 12.7. The Morgan fingerprint density at radius 2 is 2.03 bits per heavy atom. The summed E-state index contributed by atoms with van der Waals surface area (Å²) in [5, 5.41) is 2.89. The van der Waals surface area contributed by atoms with Crippen LogP contribution in [0.4, 0.5) is 13.2 Å². The topological polar surface area (TPSA) is 46.5 Å². The predicted octanol–water partition coefficient (Wildman–Crippen LogP) is 3.91. The molecule has 2 heterocycles. The Balaban J connectivity index is 2.17. The number of ether oxygens (including phenoxy) is 1. The number of benzene rings is 1. The van der Waals surface area contributed by atoms with Gasteiger partial charge in [-0.15, -0.1) is 13.2 Å². The summed E-state index contributed by atoms with van der Waals surface area (Å²) >= 11 is 0. The van der Waals surface area contributed by atoms with E-state index < -0.39 is 6.36 Å². The van der Waals surface area contributed by atoms with E-state index >= 15 is 0 Å². The summed E-state index contributed by atoms with van der Waals surface area (Å²) in [6, 6.07) is 7.41. The maximum absolute atomic E-state index is 12.7. The third kappa shape index (κ3) is 4.79. The lowest BCUT2D eigenvalue weighted by molar-refractivity contribution is -0.274. The molecule has 30 heavy (non-hydrogen) atoms. The van der Waals surface area contributed by atoms with E-state index in [9.17, 15) is 18.0 Å². The Morgan fingerprint density at radius 1 is 1.30 bits per heavy atom. The molecule has 1 unspecified atom stereocenters. The summed E-state index contributed by atoms with van der Waals surface area (Å²) < 4.78 is 44.0. The van der Waals surface area contributed by atoms with Crippen LogP contribution in [0.15, 0.2) is 30.3 Å². The first-order valence-corrected chi connectivity index (χ1v) is 9.60. The molecule has 1 aliphatic heterocycles. The number of rotatable bonds is 4. The highest BCUT2D eigenvalue weighted by Crippen LogP contribution is 2.35. The minimum atomic E-state index is -4.78. The monoisotopic (exact) mass is 419 g/mol. The molecule has 1 aliphatic rings. The van der Waals surface area contributed by atoms with Gasteiger partial charge in [-0.2, -0.15) is 0 Å². The third-order valence-corrected chi connectivity index (χ3v) is 4.82. The number of carbonyl (C=O) groups is 1. The molecule has 0 fully saturated rings. The minimum Gasteiger partial charge on any atom is -0.406 e. The van der Waals surface area contributed by atoms with E-state index in [4.69, 9.17) is 0 Å². The van der Waals surface area contributed by atoms with Gasteiger partial charge < -0.3 is 14.6 Å². The van der Waals surface area contributed by atoms with Crippen molar-refractivity contribution in [3.63, 3.8) is 0 Å². The standard InChI is InChI=1S/C22H24F3N3O2/c1-14(2)20-13-26-21(29)19-12-17(18(28(19)20)9-6-10-27(3)4)15-7-5-8-16(11-15)30-22(23,24)25/h5,7-8,11-12,14,20H,10,13H2,1-4H3,(H,26,29). The van der Waals surface area contributed by atoms with Gasteiger partial charge in [-0.1, -0.05) is 31.9 Å². The number of hydrogen-bond acceptors (Lipinski definition) is 3. The van der Waals surface area contributed by atoms with Gasteiger partial charge >= 0.3 is 6.36 Å². The van der Waals surface area contributed by atoms with Crippen LogP contribution >= 0.6 is 0 Å². The van der Waals surface area contributed by atoms with Crippen LogP contribution in [-0.2, 0) is 0 Å². The number of alkyl halides is 3. The highest BCUT2D eigenvalue weighted by Gasteiger charge is 2.33. The zero-order valence-corrected chi connectivity index (χ0v) is 17.3.